The molecule has 5 aliphatic rings. The third-order valence-corrected chi connectivity index (χ3v) is 13.0. The van der Waals surface area contributed by atoms with Crippen LogP contribution in [0, 0.1) is 24.7 Å². The molecule has 9 atom stereocenters. The van der Waals surface area contributed by atoms with E-state index in [0.717, 1.165) is 62.0 Å². The summed E-state index contributed by atoms with van der Waals surface area (Å²) < 4.78 is 8.46. The second kappa shape index (κ2) is 12.5. The number of piperidine rings is 1. The number of aromatic nitrogens is 2. The molecule has 3 heterocycles. The zero-order valence-electron chi connectivity index (χ0n) is 24.8. The van der Waals surface area contributed by atoms with E-state index in [0.29, 0.717) is 42.8 Å². The first kappa shape index (κ1) is 29.9. The molecule has 0 amide bonds. The van der Waals surface area contributed by atoms with Gasteiger partial charge in [0, 0.05) is 46.1 Å². The highest BCUT2D eigenvalue weighted by molar-refractivity contribution is 8.00. The molecule has 9 unspecified atom stereocenters. The van der Waals surface area contributed by atoms with Gasteiger partial charge in [-0.2, -0.15) is 11.8 Å². The number of hydrogen-bond acceptors (Lipinski definition) is 7. The third-order valence-electron chi connectivity index (χ3n) is 11.0. The summed E-state index contributed by atoms with van der Waals surface area (Å²) in [5, 5.41) is 13.8. The van der Waals surface area contributed by atoms with Gasteiger partial charge in [-0.3, -0.25) is 14.2 Å². The summed E-state index contributed by atoms with van der Waals surface area (Å²) in [6, 6.07) is 1.36. The van der Waals surface area contributed by atoms with E-state index in [2.05, 4.69) is 24.2 Å². The second-order valence-corrected chi connectivity index (χ2v) is 15.2. The Morgan fingerprint density at radius 1 is 1.20 bits per heavy atom. The van der Waals surface area contributed by atoms with Crippen LogP contribution in [0.3, 0.4) is 0 Å². The lowest BCUT2D eigenvalue weighted by atomic mass is 9.70. The molecule has 0 spiro atoms. The number of likely N-dealkylation sites (N-methyl/N-ethyl adjacent to an activating group) is 1. The van der Waals surface area contributed by atoms with Crippen molar-refractivity contribution in [2.45, 2.75) is 125 Å². The molecule has 2 saturated carbocycles. The Kier molecular flexibility index (Phi) is 9.10. The normalized spacial score (nSPS) is 37.4. The molecule has 1 aromatic heterocycles. The van der Waals surface area contributed by atoms with Crippen molar-refractivity contribution in [3.8, 4) is 0 Å². The van der Waals surface area contributed by atoms with Crippen LogP contribution >= 0.6 is 23.4 Å². The Hall–Kier alpha value is -1.13. The topological polar surface area (TPSA) is 96.7 Å². The van der Waals surface area contributed by atoms with E-state index < -0.39 is 5.97 Å². The Morgan fingerprint density at radius 3 is 2.73 bits per heavy atom. The Morgan fingerprint density at radius 2 is 2.00 bits per heavy atom. The van der Waals surface area contributed by atoms with E-state index in [9.17, 15) is 14.7 Å². The van der Waals surface area contributed by atoms with Gasteiger partial charge in [0.1, 0.15) is 5.82 Å². The second-order valence-electron chi connectivity index (χ2n) is 13.4. The minimum Gasteiger partial charge on any atom is -0.481 e. The van der Waals surface area contributed by atoms with Crippen LogP contribution in [0.15, 0.2) is 4.79 Å². The smallest absolute Gasteiger partial charge is 0.308 e. The number of aliphatic carboxylic acids is 1. The number of aryl methyl sites for hydroxylation is 2. The molecule has 0 radical (unpaired) electrons. The molecule has 6 rings (SSSR count). The van der Waals surface area contributed by atoms with Crippen LogP contribution in [-0.4, -0.2) is 85.8 Å². The first-order valence-corrected chi connectivity index (χ1v) is 17.4. The molecular weight excluding hydrogens is 560 g/mol. The summed E-state index contributed by atoms with van der Waals surface area (Å²) in [7, 11) is 2.23. The molecule has 2 saturated heterocycles. The number of nitrogens with zero attached hydrogens (tertiary/aromatic N) is 3. The number of carbonyl (C=O) groups is 1. The van der Waals surface area contributed by atoms with Crippen molar-refractivity contribution >= 4 is 29.3 Å². The average molecular weight is 607 g/mol. The van der Waals surface area contributed by atoms with Crippen molar-refractivity contribution in [2.75, 3.05) is 19.4 Å². The fourth-order valence-corrected chi connectivity index (χ4v) is 10.6. The number of rotatable bonds is 8. The van der Waals surface area contributed by atoms with Gasteiger partial charge in [-0.15, -0.1) is 11.6 Å². The van der Waals surface area contributed by atoms with Gasteiger partial charge in [-0.25, -0.2) is 4.98 Å². The van der Waals surface area contributed by atoms with E-state index in [1.807, 2.05) is 23.3 Å². The third kappa shape index (κ3) is 6.00. The summed E-state index contributed by atoms with van der Waals surface area (Å²) in [5.41, 5.74) is 2.01. The standard InChI is InChI=1S/C31H47ClN4O4S/c1-17-13-23(29-28(33-17)25(16-41-29)31(38)39)22-14-19(32)7-10-27(22)40-12-11-36-18(2)34-26-9-8-21(15-24(26)30(36)37)35(3)20-5-4-6-20/h17,19-23,25,27-29,33H,4-16H2,1-3H3,(H,38,39). The van der Waals surface area contributed by atoms with Crippen LogP contribution in [0.5, 0.6) is 0 Å². The molecule has 4 fully saturated rings. The number of fused-ring (bicyclic) bond motifs is 2. The maximum atomic E-state index is 13.7. The predicted octanol–water partition coefficient (Wildman–Crippen LogP) is 3.87. The monoisotopic (exact) mass is 606 g/mol. The molecule has 2 N–H and O–H groups in total. The molecule has 2 aliphatic heterocycles. The van der Waals surface area contributed by atoms with Crippen molar-refractivity contribution in [1.29, 1.82) is 0 Å². The summed E-state index contributed by atoms with van der Waals surface area (Å²) in [6.45, 7) is 5.10. The number of carboxylic acid groups (broad SMARTS) is 1. The van der Waals surface area contributed by atoms with E-state index >= 15 is 0 Å². The summed E-state index contributed by atoms with van der Waals surface area (Å²) in [6.07, 6.45) is 10.4. The van der Waals surface area contributed by atoms with Gasteiger partial charge in [0.25, 0.3) is 5.56 Å². The number of carboxylic acids is 1. The molecule has 0 bridgehead atoms. The molecule has 10 heteroatoms. The van der Waals surface area contributed by atoms with Crippen LogP contribution in [0.2, 0.25) is 0 Å². The van der Waals surface area contributed by atoms with Crippen LogP contribution in [0.25, 0.3) is 0 Å². The van der Waals surface area contributed by atoms with Crippen LogP contribution < -0.4 is 10.9 Å². The van der Waals surface area contributed by atoms with Gasteiger partial charge >= 0.3 is 5.97 Å². The van der Waals surface area contributed by atoms with E-state index in [-0.39, 0.29) is 40.3 Å². The molecule has 41 heavy (non-hydrogen) atoms. The van der Waals surface area contributed by atoms with E-state index in [4.69, 9.17) is 21.3 Å². The lowest BCUT2D eigenvalue weighted by molar-refractivity contribution is -0.142. The zero-order chi connectivity index (χ0) is 28.8. The highest BCUT2D eigenvalue weighted by atomic mass is 35.5. The molecule has 8 nitrogen and oxygen atoms in total. The number of alkyl halides is 1. The van der Waals surface area contributed by atoms with Gasteiger partial charge in [0.15, 0.2) is 0 Å². The lowest BCUT2D eigenvalue weighted by Gasteiger charge is -2.47. The van der Waals surface area contributed by atoms with Crippen LogP contribution in [-0.2, 0) is 28.9 Å². The lowest BCUT2D eigenvalue weighted by Crippen LogP contribution is -2.57. The van der Waals surface area contributed by atoms with Crippen LogP contribution in [0.1, 0.15) is 75.4 Å². The fourth-order valence-electron chi connectivity index (χ4n) is 8.42. The van der Waals surface area contributed by atoms with E-state index in [1.54, 1.807) is 0 Å². The number of nitrogens with one attached hydrogen (secondary N) is 1. The van der Waals surface area contributed by atoms with Gasteiger partial charge in [0.2, 0.25) is 0 Å². The number of halogens is 1. The van der Waals surface area contributed by atoms with Crippen molar-refractivity contribution in [1.82, 2.24) is 19.8 Å². The zero-order valence-corrected chi connectivity index (χ0v) is 26.3. The Labute approximate surface area is 253 Å². The van der Waals surface area contributed by atoms with Crippen molar-refractivity contribution in [3.05, 3.63) is 27.4 Å². The summed E-state index contributed by atoms with van der Waals surface area (Å²) in [5.74, 6) is 1.07. The quantitative estimate of drug-likeness (QED) is 0.431. The molecule has 0 aromatic carbocycles. The molecule has 3 aliphatic carbocycles. The number of thioether (sulfide) groups is 1. The highest BCUT2D eigenvalue weighted by Crippen LogP contribution is 2.48. The van der Waals surface area contributed by atoms with Gasteiger partial charge in [0.05, 0.1) is 30.9 Å². The van der Waals surface area contributed by atoms with Crippen molar-refractivity contribution in [3.63, 3.8) is 0 Å². The predicted molar refractivity (Wildman–Crippen MR) is 163 cm³/mol. The maximum absolute atomic E-state index is 13.7. The SMILES string of the molecule is Cc1nc2c(c(=O)n1CCOC1CCC(Cl)CC1C1CC(C)NC3C(C(=O)O)CSC13)CC(N(C)C1CCC1)CC2. The Bertz CT molecular complexity index is 1180. The highest BCUT2D eigenvalue weighted by Gasteiger charge is 2.51. The van der Waals surface area contributed by atoms with E-state index in [1.165, 1.54) is 19.3 Å². The minimum atomic E-state index is -0.697. The fraction of sp³-hybridized carbons (Fsp3) is 0.839. The molecular formula is C31H47ClN4O4S. The minimum absolute atomic E-state index is 0.00226. The summed E-state index contributed by atoms with van der Waals surface area (Å²) in [4.78, 5) is 33.1. The maximum Gasteiger partial charge on any atom is 0.308 e. The molecule has 1 aromatic rings. The van der Waals surface area contributed by atoms with Crippen molar-refractivity contribution in [2.24, 2.45) is 17.8 Å². The van der Waals surface area contributed by atoms with Gasteiger partial charge in [-0.1, -0.05) is 6.42 Å². The average Bonchev–Trinajstić information content (AvgIpc) is 3.33. The van der Waals surface area contributed by atoms with Gasteiger partial charge < -0.3 is 20.1 Å². The summed E-state index contributed by atoms with van der Waals surface area (Å²) >= 11 is 8.55. The first-order valence-electron chi connectivity index (χ1n) is 15.9. The Balaban J connectivity index is 1.13. The first-order chi connectivity index (χ1) is 19.7. The number of ether oxygens (including phenoxy) is 1. The van der Waals surface area contributed by atoms with Crippen LogP contribution in [0.4, 0.5) is 0 Å². The van der Waals surface area contributed by atoms with Crippen molar-refractivity contribution < 1.29 is 14.6 Å². The molecule has 228 valence electrons. The largest absolute Gasteiger partial charge is 0.481 e. The van der Waals surface area contributed by atoms with Gasteiger partial charge in [-0.05, 0) is 90.5 Å². The number of hydrogen-bond donors (Lipinski definition) is 2.